The Balaban J connectivity index is 1.32. The van der Waals surface area contributed by atoms with Crippen LogP contribution in [0.5, 0.6) is 0 Å². The zero-order chi connectivity index (χ0) is 25.8. The SMILES string of the molecule is O=C(N[C@H](CNC(=O)C1CCN(C(=O)OCCNC2=NCCN2)CC1)C(=O)O)OCc1ccccc1. The van der Waals surface area contributed by atoms with E-state index in [-0.39, 0.29) is 31.6 Å². The molecular formula is C23H32N6O7. The molecule has 3 amide bonds. The van der Waals surface area contributed by atoms with Crippen LogP contribution in [-0.2, 0) is 25.7 Å². The molecule has 2 heterocycles. The molecule has 0 unspecified atom stereocenters. The van der Waals surface area contributed by atoms with Crippen LogP contribution in [0, 0.1) is 5.92 Å². The zero-order valence-corrected chi connectivity index (χ0v) is 19.9. The molecule has 13 heteroatoms. The lowest BCUT2D eigenvalue weighted by Crippen LogP contribution is -2.50. The summed E-state index contributed by atoms with van der Waals surface area (Å²) in [4.78, 5) is 53.9. The first kappa shape index (κ1) is 26.6. The second kappa shape index (κ2) is 13.8. The van der Waals surface area contributed by atoms with Crippen LogP contribution in [0.2, 0.25) is 0 Å². The lowest BCUT2D eigenvalue weighted by molar-refractivity contribution is -0.139. The number of hydrogen-bond donors (Lipinski definition) is 5. The van der Waals surface area contributed by atoms with E-state index in [0.717, 1.165) is 18.7 Å². The van der Waals surface area contributed by atoms with Crippen molar-refractivity contribution in [1.29, 1.82) is 0 Å². The second-order valence-electron chi connectivity index (χ2n) is 8.30. The fourth-order valence-electron chi connectivity index (χ4n) is 3.69. The fourth-order valence-corrected chi connectivity index (χ4v) is 3.69. The molecule has 1 saturated heterocycles. The van der Waals surface area contributed by atoms with Crippen molar-refractivity contribution in [1.82, 2.24) is 26.2 Å². The van der Waals surface area contributed by atoms with Crippen molar-refractivity contribution in [3.05, 3.63) is 35.9 Å². The first-order valence-corrected chi connectivity index (χ1v) is 11.8. The van der Waals surface area contributed by atoms with Crippen molar-refractivity contribution in [2.24, 2.45) is 10.9 Å². The van der Waals surface area contributed by atoms with E-state index in [1.807, 2.05) is 6.07 Å². The Morgan fingerprint density at radius 2 is 1.89 bits per heavy atom. The van der Waals surface area contributed by atoms with Crippen LogP contribution in [0.4, 0.5) is 9.59 Å². The second-order valence-corrected chi connectivity index (χ2v) is 8.30. The lowest BCUT2D eigenvalue weighted by Gasteiger charge is -2.30. The number of nitrogens with zero attached hydrogens (tertiary/aromatic N) is 2. The minimum Gasteiger partial charge on any atom is -0.480 e. The molecular weight excluding hydrogens is 472 g/mol. The molecule has 2 aliphatic heterocycles. The van der Waals surface area contributed by atoms with E-state index >= 15 is 0 Å². The summed E-state index contributed by atoms with van der Waals surface area (Å²) < 4.78 is 10.3. The minimum absolute atomic E-state index is 0.00457. The Hall–Kier alpha value is -4.03. The molecule has 1 aromatic carbocycles. The van der Waals surface area contributed by atoms with Crippen molar-refractivity contribution in [2.75, 3.05) is 45.9 Å². The number of carbonyl (C=O) groups is 4. The van der Waals surface area contributed by atoms with Crippen molar-refractivity contribution in [3.8, 4) is 0 Å². The number of carboxylic acid groups (broad SMARTS) is 1. The third kappa shape index (κ3) is 8.64. The number of guanidine groups is 1. The predicted molar refractivity (Wildman–Crippen MR) is 128 cm³/mol. The van der Waals surface area contributed by atoms with Crippen LogP contribution >= 0.6 is 0 Å². The number of amides is 3. The molecule has 0 aromatic heterocycles. The number of ether oxygens (including phenoxy) is 2. The fraction of sp³-hybridized carbons (Fsp3) is 0.522. The number of piperidine rings is 1. The molecule has 0 aliphatic carbocycles. The quantitative estimate of drug-likeness (QED) is 0.273. The number of carbonyl (C=O) groups excluding carboxylic acids is 3. The Morgan fingerprint density at radius 3 is 2.56 bits per heavy atom. The van der Waals surface area contributed by atoms with Crippen LogP contribution in [0.25, 0.3) is 0 Å². The van der Waals surface area contributed by atoms with Gasteiger partial charge in [-0.2, -0.15) is 0 Å². The highest BCUT2D eigenvalue weighted by Gasteiger charge is 2.29. The Morgan fingerprint density at radius 1 is 1.14 bits per heavy atom. The van der Waals surface area contributed by atoms with Gasteiger partial charge in [-0.1, -0.05) is 30.3 Å². The maximum atomic E-state index is 12.5. The summed E-state index contributed by atoms with van der Waals surface area (Å²) in [6.07, 6.45) is -0.495. The van der Waals surface area contributed by atoms with Crippen LogP contribution in [-0.4, -0.2) is 91.9 Å². The lowest BCUT2D eigenvalue weighted by atomic mass is 9.96. The number of carboxylic acids is 1. The van der Waals surface area contributed by atoms with E-state index in [2.05, 4.69) is 26.3 Å². The summed E-state index contributed by atoms with van der Waals surface area (Å²) in [5, 5.41) is 20.3. The van der Waals surface area contributed by atoms with Gasteiger partial charge in [0.25, 0.3) is 0 Å². The molecule has 0 spiro atoms. The highest BCUT2D eigenvalue weighted by Crippen LogP contribution is 2.18. The van der Waals surface area contributed by atoms with Gasteiger partial charge in [0.05, 0.1) is 13.1 Å². The van der Waals surface area contributed by atoms with Crippen LogP contribution in [0.15, 0.2) is 35.3 Å². The maximum Gasteiger partial charge on any atom is 0.409 e. The minimum atomic E-state index is -1.34. The number of benzene rings is 1. The number of aliphatic carboxylic acids is 1. The molecule has 0 bridgehead atoms. The van der Waals surface area contributed by atoms with Gasteiger partial charge in [-0.15, -0.1) is 0 Å². The molecule has 196 valence electrons. The highest BCUT2D eigenvalue weighted by molar-refractivity contribution is 5.83. The van der Waals surface area contributed by atoms with Gasteiger partial charge >= 0.3 is 18.2 Å². The molecule has 1 fully saturated rings. The van der Waals surface area contributed by atoms with Crippen molar-refractivity contribution >= 4 is 30.0 Å². The van der Waals surface area contributed by atoms with Gasteiger partial charge in [-0.3, -0.25) is 9.79 Å². The van der Waals surface area contributed by atoms with Crippen LogP contribution < -0.4 is 21.3 Å². The highest BCUT2D eigenvalue weighted by atomic mass is 16.6. The van der Waals surface area contributed by atoms with Gasteiger partial charge in [0.15, 0.2) is 5.96 Å². The molecule has 0 radical (unpaired) electrons. The largest absolute Gasteiger partial charge is 0.480 e. The first-order valence-electron chi connectivity index (χ1n) is 11.8. The van der Waals surface area contributed by atoms with Crippen LogP contribution in [0.1, 0.15) is 18.4 Å². The van der Waals surface area contributed by atoms with E-state index in [1.165, 1.54) is 0 Å². The smallest absolute Gasteiger partial charge is 0.409 e. The Labute approximate surface area is 208 Å². The Kier molecular flexibility index (Phi) is 10.2. The molecule has 3 rings (SSSR count). The van der Waals surface area contributed by atoms with Gasteiger partial charge in [-0.05, 0) is 18.4 Å². The summed E-state index contributed by atoms with van der Waals surface area (Å²) in [6.45, 7) is 2.56. The van der Waals surface area contributed by atoms with E-state index < -0.39 is 24.2 Å². The number of alkyl carbamates (subject to hydrolysis) is 1. The van der Waals surface area contributed by atoms with Crippen molar-refractivity contribution in [2.45, 2.75) is 25.5 Å². The molecule has 1 atom stereocenters. The normalized spacial score (nSPS) is 16.2. The summed E-state index contributed by atoms with van der Waals surface area (Å²) in [7, 11) is 0. The van der Waals surface area contributed by atoms with Gasteiger partial charge in [0.1, 0.15) is 19.3 Å². The maximum absolute atomic E-state index is 12.5. The number of hydrogen-bond acceptors (Lipinski definition) is 9. The number of rotatable bonds is 10. The number of aliphatic imine (C=N–C) groups is 1. The van der Waals surface area contributed by atoms with E-state index in [4.69, 9.17) is 9.47 Å². The van der Waals surface area contributed by atoms with Crippen molar-refractivity contribution < 1.29 is 33.8 Å². The average Bonchev–Trinajstić information content (AvgIpc) is 3.41. The van der Waals surface area contributed by atoms with Gasteiger partial charge in [-0.25, -0.2) is 14.4 Å². The Bertz CT molecular complexity index is 934. The first-order chi connectivity index (χ1) is 17.4. The zero-order valence-electron chi connectivity index (χ0n) is 19.9. The van der Waals surface area contributed by atoms with Gasteiger partial charge in [0.2, 0.25) is 5.91 Å². The topological polar surface area (TPSA) is 171 Å². The standard InChI is InChI=1S/C23H32N6O7/c30-19(27-14-18(20(31)32)28-22(33)36-15-16-4-2-1-3-5-16)17-6-11-29(12-7-17)23(34)35-13-10-26-21-24-8-9-25-21/h1-5,17-18H,6-15H2,(H,27,30)(H,28,33)(H,31,32)(H2,24,25,26)/t18-/m1/s1. The molecule has 0 saturated carbocycles. The molecule has 1 aromatic rings. The molecule has 36 heavy (non-hydrogen) atoms. The molecule has 2 aliphatic rings. The van der Waals surface area contributed by atoms with Gasteiger partial charge in [0, 0.05) is 32.1 Å². The number of nitrogens with one attached hydrogen (secondary N) is 4. The molecule has 13 nitrogen and oxygen atoms in total. The summed E-state index contributed by atoms with van der Waals surface area (Å²) in [5.74, 6) is -1.30. The third-order valence-electron chi connectivity index (χ3n) is 5.70. The van der Waals surface area contributed by atoms with E-state index in [1.54, 1.807) is 29.2 Å². The number of likely N-dealkylation sites (tertiary alicyclic amines) is 1. The summed E-state index contributed by atoms with van der Waals surface area (Å²) in [5.41, 5.74) is 0.760. The van der Waals surface area contributed by atoms with E-state index in [0.29, 0.717) is 38.4 Å². The third-order valence-corrected chi connectivity index (χ3v) is 5.70. The summed E-state index contributed by atoms with van der Waals surface area (Å²) >= 11 is 0. The monoisotopic (exact) mass is 504 g/mol. The van der Waals surface area contributed by atoms with E-state index in [9.17, 15) is 24.3 Å². The van der Waals surface area contributed by atoms with Gasteiger partial charge < -0.3 is 40.7 Å². The molecule has 5 N–H and O–H groups in total. The summed E-state index contributed by atoms with van der Waals surface area (Å²) in [6, 6.07) is 7.62. The average molecular weight is 505 g/mol. The predicted octanol–water partition coefficient (Wildman–Crippen LogP) is -0.120. The van der Waals surface area contributed by atoms with Crippen molar-refractivity contribution in [3.63, 3.8) is 0 Å². The van der Waals surface area contributed by atoms with Crippen LogP contribution in [0.3, 0.4) is 0 Å².